The molecule has 0 radical (unpaired) electrons. The molecular formula is C17H29ClN4O. The van der Waals surface area contributed by atoms with Crippen LogP contribution in [0.25, 0.3) is 0 Å². The van der Waals surface area contributed by atoms with Crippen molar-refractivity contribution in [2.75, 3.05) is 50.7 Å². The SMILES string of the molecule is Cc1cccc(N2CCN(CCCNC(=O)CCN)CC2)c1.Cl. The Kier molecular flexibility index (Phi) is 8.99. The number of piperazine rings is 1. The van der Waals surface area contributed by atoms with E-state index in [1.165, 1.54) is 11.3 Å². The van der Waals surface area contributed by atoms with E-state index in [1.54, 1.807) is 0 Å². The Labute approximate surface area is 145 Å². The summed E-state index contributed by atoms with van der Waals surface area (Å²) in [5.74, 6) is 0.0618. The van der Waals surface area contributed by atoms with Gasteiger partial charge in [-0.15, -0.1) is 12.4 Å². The Balaban J connectivity index is 0.00000264. The average Bonchev–Trinajstić information content (AvgIpc) is 2.52. The minimum atomic E-state index is 0. The van der Waals surface area contributed by atoms with Crippen molar-refractivity contribution in [3.8, 4) is 0 Å². The van der Waals surface area contributed by atoms with Crippen LogP contribution in [0.4, 0.5) is 5.69 Å². The predicted octanol–water partition coefficient (Wildman–Crippen LogP) is 1.39. The van der Waals surface area contributed by atoms with Gasteiger partial charge in [0.25, 0.3) is 0 Å². The third kappa shape index (κ3) is 6.77. The van der Waals surface area contributed by atoms with Gasteiger partial charge in [-0.3, -0.25) is 9.69 Å². The van der Waals surface area contributed by atoms with Crippen molar-refractivity contribution < 1.29 is 4.79 Å². The number of carbonyl (C=O) groups excluding carboxylic acids is 1. The summed E-state index contributed by atoms with van der Waals surface area (Å²) in [5, 5.41) is 2.91. The van der Waals surface area contributed by atoms with Crippen molar-refractivity contribution in [3.05, 3.63) is 29.8 Å². The number of nitrogens with two attached hydrogens (primary N) is 1. The van der Waals surface area contributed by atoms with Crippen LogP contribution in [0.3, 0.4) is 0 Å². The third-order valence-corrected chi connectivity index (χ3v) is 4.08. The van der Waals surface area contributed by atoms with Crippen molar-refractivity contribution in [1.82, 2.24) is 10.2 Å². The van der Waals surface area contributed by atoms with Crippen LogP contribution in [0, 0.1) is 6.92 Å². The second kappa shape index (κ2) is 10.5. The Bertz CT molecular complexity index is 475. The van der Waals surface area contributed by atoms with Crippen LogP contribution in [0.1, 0.15) is 18.4 Å². The van der Waals surface area contributed by atoms with Crippen LogP contribution in [0.5, 0.6) is 0 Å². The highest BCUT2D eigenvalue weighted by molar-refractivity contribution is 5.85. The van der Waals surface area contributed by atoms with Crippen molar-refractivity contribution in [2.24, 2.45) is 5.73 Å². The largest absolute Gasteiger partial charge is 0.369 e. The molecule has 1 fully saturated rings. The second-order valence-corrected chi connectivity index (χ2v) is 5.91. The Morgan fingerprint density at radius 3 is 2.65 bits per heavy atom. The Hall–Kier alpha value is -1.30. The maximum atomic E-state index is 11.3. The summed E-state index contributed by atoms with van der Waals surface area (Å²) in [4.78, 5) is 16.2. The molecule has 1 aliphatic heterocycles. The number of halogens is 1. The monoisotopic (exact) mass is 340 g/mol. The molecular weight excluding hydrogens is 312 g/mol. The van der Waals surface area contributed by atoms with E-state index in [1.807, 2.05) is 0 Å². The molecule has 0 aromatic heterocycles. The molecule has 2 rings (SSSR count). The first kappa shape index (κ1) is 19.7. The summed E-state index contributed by atoms with van der Waals surface area (Å²) in [7, 11) is 0. The maximum Gasteiger partial charge on any atom is 0.221 e. The van der Waals surface area contributed by atoms with Crippen LogP contribution >= 0.6 is 12.4 Å². The van der Waals surface area contributed by atoms with Gasteiger partial charge in [0.1, 0.15) is 0 Å². The lowest BCUT2D eigenvalue weighted by molar-refractivity contribution is -0.120. The van der Waals surface area contributed by atoms with Crippen molar-refractivity contribution >= 4 is 24.0 Å². The molecule has 6 heteroatoms. The maximum absolute atomic E-state index is 11.3. The number of hydrogen-bond donors (Lipinski definition) is 2. The molecule has 1 saturated heterocycles. The summed E-state index contributed by atoms with van der Waals surface area (Å²) in [6, 6.07) is 8.71. The Morgan fingerprint density at radius 2 is 2.00 bits per heavy atom. The van der Waals surface area contributed by atoms with E-state index in [4.69, 9.17) is 5.73 Å². The highest BCUT2D eigenvalue weighted by atomic mass is 35.5. The number of hydrogen-bond acceptors (Lipinski definition) is 4. The van der Waals surface area contributed by atoms with Crippen molar-refractivity contribution in [2.45, 2.75) is 19.8 Å². The highest BCUT2D eigenvalue weighted by Gasteiger charge is 2.16. The quantitative estimate of drug-likeness (QED) is 0.736. The first-order valence-corrected chi connectivity index (χ1v) is 8.20. The van der Waals surface area contributed by atoms with Gasteiger partial charge >= 0.3 is 0 Å². The molecule has 0 unspecified atom stereocenters. The summed E-state index contributed by atoms with van der Waals surface area (Å²) in [6.45, 7) is 8.67. The highest BCUT2D eigenvalue weighted by Crippen LogP contribution is 2.17. The van der Waals surface area contributed by atoms with E-state index in [-0.39, 0.29) is 18.3 Å². The lowest BCUT2D eigenvalue weighted by atomic mass is 10.2. The molecule has 1 aromatic carbocycles. The summed E-state index contributed by atoms with van der Waals surface area (Å²) in [5.41, 5.74) is 7.99. The van der Waals surface area contributed by atoms with Gasteiger partial charge < -0.3 is 16.0 Å². The fourth-order valence-corrected chi connectivity index (χ4v) is 2.80. The normalized spacial score (nSPS) is 15.1. The molecule has 130 valence electrons. The number of rotatable bonds is 7. The number of nitrogens with zero attached hydrogens (tertiary/aromatic N) is 2. The second-order valence-electron chi connectivity index (χ2n) is 5.91. The van der Waals surface area contributed by atoms with E-state index < -0.39 is 0 Å². The predicted molar refractivity (Wildman–Crippen MR) is 98.4 cm³/mol. The fraction of sp³-hybridized carbons (Fsp3) is 0.588. The van der Waals surface area contributed by atoms with Gasteiger partial charge in [-0.2, -0.15) is 0 Å². The number of carbonyl (C=O) groups is 1. The summed E-state index contributed by atoms with van der Waals surface area (Å²) >= 11 is 0. The fourth-order valence-electron chi connectivity index (χ4n) is 2.80. The first-order valence-electron chi connectivity index (χ1n) is 8.20. The average molecular weight is 341 g/mol. The number of nitrogens with one attached hydrogen (secondary N) is 1. The molecule has 1 aromatic rings. The van der Waals surface area contributed by atoms with Crippen molar-refractivity contribution in [1.29, 1.82) is 0 Å². The topological polar surface area (TPSA) is 61.6 Å². The lowest BCUT2D eigenvalue weighted by Gasteiger charge is -2.36. The number of benzene rings is 1. The zero-order valence-electron chi connectivity index (χ0n) is 14.0. The lowest BCUT2D eigenvalue weighted by Crippen LogP contribution is -2.47. The van der Waals surface area contributed by atoms with Gasteiger partial charge in [-0.25, -0.2) is 0 Å². The molecule has 0 bridgehead atoms. The smallest absolute Gasteiger partial charge is 0.221 e. The van der Waals surface area contributed by atoms with E-state index in [9.17, 15) is 4.79 Å². The van der Waals surface area contributed by atoms with Crippen LogP contribution in [-0.4, -0.2) is 56.6 Å². The van der Waals surface area contributed by atoms with E-state index in [0.717, 1.165) is 45.7 Å². The molecule has 0 saturated carbocycles. The van der Waals surface area contributed by atoms with E-state index in [2.05, 4.69) is 46.3 Å². The molecule has 0 spiro atoms. The molecule has 0 atom stereocenters. The summed E-state index contributed by atoms with van der Waals surface area (Å²) in [6.07, 6.45) is 1.43. The van der Waals surface area contributed by atoms with Gasteiger partial charge in [-0.1, -0.05) is 12.1 Å². The van der Waals surface area contributed by atoms with E-state index in [0.29, 0.717) is 13.0 Å². The number of anilines is 1. The van der Waals surface area contributed by atoms with Crippen LogP contribution in [0.2, 0.25) is 0 Å². The van der Waals surface area contributed by atoms with Crippen LogP contribution < -0.4 is 16.0 Å². The van der Waals surface area contributed by atoms with Gasteiger partial charge in [0, 0.05) is 51.4 Å². The van der Waals surface area contributed by atoms with Crippen LogP contribution in [0.15, 0.2) is 24.3 Å². The van der Waals surface area contributed by atoms with Crippen LogP contribution in [-0.2, 0) is 4.79 Å². The first-order chi connectivity index (χ1) is 10.7. The van der Waals surface area contributed by atoms with Gasteiger partial charge in [0.15, 0.2) is 0 Å². The molecule has 0 aliphatic carbocycles. The van der Waals surface area contributed by atoms with Gasteiger partial charge in [0.2, 0.25) is 5.91 Å². The molecule has 23 heavy (non-hydrogen) atoms. The van der Waals surface area contributed by atoms with Gasteiger partial charge in [-0.05, 0) is 37.6 Å². The summed E-state index contributed by atoms with van der Waals surface area (Å²) < 4.78 is 0. The van der Waals surface area contributed by atoms with Gasteiger partial charge in [0.05, 0.1) is 0 Å². The standard InChI is InChI=1S/C17H28N4O.ClH/c1-15-4-2-5-16(14-15)21-12-10-20(11-13-21)9-3-8-19-17(22)6-7-18;/h2,4-5,14H,3,6-13,18H2,1H3,(H,19,22);1H. The molecule has 1 heterocycles. The zero-order chi connectivity index (χ0) is 15.8. The minimum absolute atomic E-state index is 0. The molecule has 5 nitrogen and oxygen atoms in total. The molecule has 1 aliphatic rings. The Morgan fingerprint density at radius 1 is 1.26 bits per heavy atom. The third-order valence-electron chi connectivity index (χ3n) is 4.08. The number of aryl methyl sites for hydroxylation is 1. The minimum Gasteiger partial charge on any atom is -0.369 e. The zero-order valence-corrected chi connectivity index (χ0v) is 14.8. The van der Waals surface area contributed by atoms with Crippen molar-refractivity contribution in [3.63, 3.8) is 0 Å². The van der Waals surface area contributed by atoms with E-state index >= 15 is 0 Å². The molecule has 3 N–H and O–H groups in total. The number of amides is 1. The molecule has 1 amide bonds.